The van der Waals surface area contributed by atoms with Gasteiger partial charge in [0.1, 0.15) is 23.2 Å². The molecular weight excluding hydrogens is 448 g/mol. The fourth-order valence-electron chi connectivity index (χ4n) is 3.89. The number of ether oxygens (including phenoxy) is 1. The van der Waals surface area contributed by atoms with Gasteiger partial charge in [0.25, 0.3) is 5.91 Å². The van der Waals surface area contributed by atoms with Gasteiger partial charge in [-0.25, -0.2) is 4.98 Å². The molecule has 0 saturated carbocycles. The first kappa shape index (κ1) is 24.0. The minimum absolute atomic E-state index is 0.0181. The molecule has 9 heteroatoms. The predicted octanol–water partition coefficient (Wildman–Crippen LogP) is 3.43. The Hall–Kier alpha value is -3.17. The Morgan fingerprint density at radius 3 is 2.68 bits per heavy atom. The zero-order valence-electron chi connectivity index (χ0n) is 20.2. The first-order valence-corrected chi connectivity index (χ1v) is 12.3. The lowest BCUT2D eigenvalue weighted by molar-refractivity contribution is 0.0754. The monoisotopic (exact) mass is 480 g/mol. The molecule has 34 heavy (non-hydrogen) atoms. The van der Waals surface area contributed by atoms with Crippen LogP contribution in [0.1, 0.15) is 33.3 Å². The number of benzene rings is 1. The summed E-state index contributed by atoms with van der Waals surface area (Å²) >= 11 is 1.71. The maximum absolute atomic E-state index is 13.3. The van der Waals surface area contributed by atoms with Gasteiger partial charge in [-0.2, -0.15) is 4.98 Å². The van der Waals surface area contributed by atoms with E-state index in [2.05, 4.69) is 32.8 Å². The van der Waals surface area contributed by atoms with Crippen LogP contribution in [0.25, 0.3) is 0 Å². The van der Waals surface area contributed by atoms with Crippen molar-refractivity contribution in [1.29, 1.82) is 0 Å². The maximum atomic E-state index is 13.3. The molecule has 1 aromatic carbocycles. The maximum Gasteiger partial charge on any atom is 0.259 e. The van der Waals surface area contributed by atoms with Crippen LogP contribution in [0.4, 0.5) is 11.8 Å². The highest BCUT2D eigenvalue weighted by Gasteiger charge is 2.27. The highest BCUT2D eigenvalue weighted by atomic mass is 32.1. The average Bonchev–Trinajstić information content (AvgIpc) is 3.35. The highest BCUT2D eigenvalue weighted by Crippen LogP contribution is 2.29. The number of aromatic nitrogens is 2. The van der Waals surface area contributed by atoms with Crippen molar-refractivity contribution in [2.24, 2.45) is 0 Å². The van der Waals surface area contributed by atoms with E-state index in [1.54, 1.807) is 17.5 Å². The van der Waals surface area contributed by atoms with Gasteiger partial charge in [-0.3, -0.25) is 4.79 Å². The number of nitrogens with one attached hydrogen (secondary N) is 1. The van der Waals surface area contributed by atoms with Gasteiger partial charge >= 0.3 is 0 Å². The van der Waals surface area contributed by atoms with Gasteiger partial charge in [0.15, 0.2) is 0 Å². The number of anilines is 2. The third-order valence-electron chi connectivity index (χ3n) is 5.83. The third kappa shape index (κ3) is 5.48. The van der Waals surface area contributed by atoms with Crippen molar-refractivity contribution < 1.29 is 9.53 Å². The summed E-state index contributed by atoms with van der Waals surface area (Å²) in [4.78, 5) is 29.2. The summed E-state index contributed by atoms with van der Waals surface area (Å²) in [5.74, 6) is 2.05. The fourth-order valence-corrected chi connectivity index (χ4v) is 4.68. The van der Waals surface area contributed by atoms with Gasteiger partial charge in [0.2, 0.25) is 5.95 Å². The predicted molar refractivity (Wildman–Crippen MR) is 137 cm³/mol. The standard InChI is InChI=1S/C25H32N6O2S/c1-26-12-11-21(22-6-5-15-34-22)33-19-9-7-18(8-10-19)17-31-14-13-30(4)23-20(24(31)32)16-27-25(28-23)29(2)3/h5-10,15-16,21,26H,11-14,17H2,1-4H3/t21-/m0/s1. The van der Waals surface area contributed by atoms with E-state index >= 15 is 0 Å². The first-order valence-electron chi connectivity index (χ1n) is 11.4. The van der Waals surface area contributed by atoms with E-state index in [0.29, 0.717) is 37.0 Å². The molecule has 8 nitrogen and oxygen atoms in total. The molecule has 1 aliphatic rings. The topological polar surface area (TPSA) is 73.8 Å². The van der Waals surface area contributed by atoms with Gasteiger partial charge in [0, 0.05) is 58.3 Å². The molecule has 0 fully saturated rings. The van der Waals surface area contributed by atoms with Crippen molar-refractivity contribution in [3.8, 4) is 5.75 Å². The van der Waals surface area contributed by atoms with Gasteiger partial charge in [-0.1, -0.05) is 18.2 Å². The van der Waals surface area contributed by atoms with E-state index in [0.717, 1.165) is 24.3 Å². The molecule has 0 spiro atoms. The third-order valence-corrected chi connectivity index (χ3v) is 6.80. The van der Waals surface area contributed by atoms with Crippen LogP contribution in [0.5, 0.6) is 5.75 Å². The molecular formula is C25H32N6O2S. The summed E-state index contributed by atoms with van der Waals surface area (Å²) in [6, 6.07) is 12.2. The summed E-state index contributed by atoms with van der Waals surface area (Å²) in [5.41, 5.74) is 1.59. The summed E-state index contributed by atoms with van der Waals surface area (Å²) < 4.78 is 6.30. The first-order chi connectivity index (χ1) is 16.5. The fraction of sp³-hybridized carbons (Fsp3) is 0.400. The number of hydrogen-bond acceptors (Lipinski definition) is 8. The van der Waals surface area contributed by atoms with Crippen LogP contribution in [-0.4, -0.2) is 68.6 Å². The van der Waals surface area contributed by atoms with Crippen LogP contribution in [-0.2, 0) is 6.54 Å². The molecule has 1 amide bonds. The number of rotatable bonds is 9. The number of carbonyl (C=O) groups excluding carboxylic acids is 1. The lowest BCUT2D eigenvalue weighted by atomic mass is 10.1. The lowest BCUT2D eigenvalue weighted by Gasteiger charge is -2.22. The number of nitrogens with zero attached hydrogens (tertiary/aromatic N) is 5. The zero-order chi connectivity index (χ0) is 24.1. The summed E-state index contributed by atoms with van der Waals surface area (Å²) in [5, 5.41) is 5.28. The van der Waals surface area contributed by atoms with Gasteiger partial charge in [-0.15, -0.1) is 11.3 Å². The van der Waals surface area contributed by atoms with E-state index in [9.17, 15) is 4.79 Å². The molecule has 0 saturated heterocycles. The van der Waals surface area contributed by atoms with E-state index < -0.39 is 0 Å². The largest absolute Gasteiger partial charge is 0.485 e. The minimum atomic E-state index is -0.0465. The Morgan fingerprint density at radius 2 is 2.00 bits per heavy atom. The summed E-state index contributed by atoms with van der Waals surface area (Å²) in [6.07, 6.45) is 2.55. The quantitative estimate of drug-likeness (QED) is 0.503. The Kier molecular flexibility index (Phi) is 7.64. The average molecular weight is 481 g/mol. The molecule has 2 aromatic heterocycles. The second kappa shape index (κ2) is 10.8. The van der Waals surface area contributed by atoms with Gasteiger partial charge < -0.3 is 24.8 Å². The Morgan fingerprint density at radius 1 is 1.21 bits per heavy atom. The number of fused-ring (bicyclic) bond motifs is 1. The van der Waals surface area contributed by atoms with Crippen molar-refractivity contribution in [3.63, 3.8) is 0 Å². The highest BCUT2D eigenvalue weighted by molar-refractivity contribution is 7.10. The molecule has 3 heterocycles. The Balaban J connectivity index is 1.46. The Bertz CT molecular complexity index is 1090. The van der Waals surface area contributed by atoms with Gasteiger partial charge in [0.05, 0.1) is 0 Å². The SMILES string of the molecule is CNCC[C@H](Oc1ccc(CN2CCN(C)c3nc(N(C)C)ncc3C2=O)cc1)c1cccs1. The number of hydrogen-bond donors (Lipinski definition) is 1. The van der Waals surface area contributed by atoms with E-state index in [1.807, 2.05) is 67.2 Å². The van der Waals surface area contributed by atoms with E-state index in [-0.39, 0.29) is 12.0 Å². The van der Waals surface area contributed by atoms with Crippen molar-refractivity contribution >= 4 is 29.0 Å². The summed E-state index contributed by atoms with van der Waals surface area (Å²) in [6.45, 7) is 2.73. The number of carbonyl (C=O) groups is 1. The van der Waals surface area contributed by atoms with Crippen molar-refractivity contribution in [2.45, 2.75) is 19.1 Å². The zero-order valence-corrected chi connectivity index (χ0v) is 21.0. The van der Waals surface area contributed by atoms with Crippen LogP contribution in [0.3, 0.4) is 0 Å². The number of thiophene rings is 1. The minimum Gasteiger partial charge on any atom is -0.485 e. The molecule has 1 atom stereocenters. The number of amides is 1. The lowest BCUT2D eigenvalue weighted by Crippen LogP contribution is -2.33. The number of likely N-dealkylation sites (N-methyl/N-ethyl adjacent to an activating group) is 1. The van der Waals surface area contributed by atoms with E-state index in [1.165, 1.54) is 4.88 Å². The molecule has 0 bridgehead atoms. The molecule has 1 aliphatic heterocycles. The van der Waals surface area contributed by atoms with Crippen LogP contribution < -0.4 is 19.9 Å². The Labute approximate surface area is 205 Å². The molecule has 4 rings (SSSR count). The van der Waals surface area contributed by atoms with E-state index in [4.69, 9.17) is 4.74 Å². The van der Waals surface area contributed by atoms with Crippen molar-refractivity contribution in [2.75, 3.05) is 57.6 Å². The molecule has 1 N–H and O–H groups in total. The summed E-state index contributed by atoms with van der Waals surface area (Å²) in [7, 11) is 7.70. The molecule has 3 aromatic rings. The smallest absolute Gasteiger partial charge is 0.259 e. The van der Waals surface area contributed by atoms with Crippen LogP contribution in [0.2, 0.25) is 0 Å². The second-order valence-corrected chi connectivity index (χ2v) is 9.59. The molecule has 0 radical (unpaired) electrons. The van der Waals surface area contributed by atoms with Crippen molar-refractivity contribution in [1.82, 2.24) is 20.2 Å². The molecule has 180 valence electrons. The van der Waals surface area contributed by atoms with Crippen LogP contribution >= 0.6 is 11.3 Å². The van der Waals surface area contributed by atoms with Gasteiger partial charge in [-0.05, 0) is 42.7 Å². The second-order valence-electron chi connectivity index (χ2n) is 8.61. The molecule has 0 aliphatic carbocycles. The normalized spacial score (nSPS) is 14.5. The van der Waals surface area contributed by atoms with Crippen LogP contribution in [0.15, 0.2) is 48.0 Å². The van der Waals surface area contributed by atoms with Crippen LogP contribution in [0, 0.1) is 0 Å². The van der Waals surface area contributed by atoms with Crippen molar-refractivity contribution in [3.05, 3.63) is 64.0 Å². The molecule has 0 unspecified atom stereocenters.